The molecule has 0 saturated carbocycles. The van der Waals surface area contributed by atoms with Crippen molar-refractivity contribution in [1.82, 2.24) is 0 Å². The van der Waals surface area contributed by atoms with Gasteiger partial charge in [0.15, 0.2) is 0 Å². The molecule has 0 radical (unpaired) electrons. The lowest BCUT2D eigenvalue weighted by atomic mass is 10.0. The van der Waals surface area contributed by atoms with Crippen LogP contribution in [0.25, 0.3) is 5.57 Å². The molecule has 4 rings (SSSR count). The van der Waals surface area contributed by atoms with Crippen molar-refractivity contribution in [2.75, 3.05) is 17.3 Å². The molecule has 156 valence electrons. The number of nitrogens with zero attached hydrogens (tertiary/aromatic N) is 1. The minimum absolute atomic E-state index is 0.270. The largest absolute Gasteiger partial charge is 0.497 e. The monoisotopic (exact) mass is 412 g/mol. The molecule has 1 heterocycles. The molecule has 0 saturated heterocycles. The smallest absolute Gasteiger partial charge is 0.282 e. The third-order valence-electron chi connectivity index (χ3n) is 5.47. The number of amides is 2. The van der Waals surface area contributed by atoms with Crippen molar-refractivity contribution in [3.63, 3.8) is 0 Å². The molecular formula is C26H24N2O3. The zero-order chi connectivity index (χ0) is 22.1. The van der Waals surface area contributed by atoms with E-state index in [9.17, 15) is 9.59 Å². The van der Waals surface area contributed by atoms with E-state index in [4.69, 9.17) is 4.74 Å². The molecule has 0 bridgehead atoms. The van der Waals surface area contributed by atoms with Crippen molar-refractivity contribution in [1.29, 1.82) is 0 Å². The average molecular weight is 412 g/mol. The van der Waals surface area contributed by atoms with E-state index in [1.54, 1.807) is 37.4 Å². The molecule has 0 fully saturated rings. The summed E-state index contributed by atoms with van der Waals surface area (Å²) in [6.07, 6.45) is 0. The van der Waals surface area contributed by atoms with E-state index >= 15 is 0 Å². The van der Waals surface area contributed by atoms with E-state index in [-0.39, 0.29) is 17.5 Å². The van der Waals surface area contributed by atoms with Gasteiger partial charge in [0.05, 0.1) is 18.4 Å². The maximum Gasteiger partial charge on any atom is 0.282 e. The Labute approximate surface area is 182 Å². The Morgan fingerprint density at radius 1 is 0.806 bits per heavy atom. The summed E-state index contributed by atoms with van der Waals surface area (Å²) in [5.74, 6) is -0.0378. The highest BCUT2D eigenvalue weighted by Gasteiger charge is 2.40. The van der Waals surface area contributed by atoms with Gasteiger partial charge >= 0.3 is 0 Å². The van der Waals surface area contributed by atoms with Crippen LogP contribution in [0.15, 0.2) is 72.4 Å². The lowest BCUT2D eigenvalue weighted by Crippen LogP contribution is -2.33. The van der Waals surface area contributed by atoms with Crippen LogP contribution in [0.4, 0.5) is 11.4 Å². The average Bonchev–Trinajstić information content (AvgIpc) is 3.01. The van der Waals surface area contributed by atoms with Gasteiger partial charge in [-0.2, -0.15) is 0 Å². The molecule has 0 unspecified atom stereocenters. The number of aryl methyl sites for hydroxylation is 3. The number of hydrogen-bond donors (Lipinski definition) is 1. The summed E-state index contributed by atoms with van der Waals surface area (Å²) in [6, 6.07) is 20.5. The first-order chi connectivity index (χ1) is 14.9. The number of carbonyl (C=O) groups excluding carboxylic acids is 2. The summed E-state index contributed by atoms with van der Waals surface area (Å²) in [5, 5.41) is 3.26. The Kier molecular flexibility index (Phi) is 5.34. The molecule has 1 aliphatic rings. The Hall–Kier alpha value is -3.86. The normalized spacial score (nSPS) is 13.7. The molecule has 1 N–H and O–H groups in total. The molecule has 0 aliphatic carbocycles. The van der Waals surface area contributed by atoms with Crippen LogP contribution in [0, 0.1) is 20.8 Å². The zero-order valence-corrected chi connectivity index (χ0v) is 18.0. The fourth-order valence-corrected chi connectivity index (χ4v) is 3.71. The molecule has 3 aromatic rings. The Balaban J connectivity index is 1.86. The van der Waals surface area contributed by atoms with E-state index in [1.807, 2.05) is 57.2 Å². The second-order valence-corrected chi connectivity index (χ2v) is 7.65. The summed E-state index contributed by atoms with van der Waals surface area (Å²) in [6.45, 7) is 5.85. The summed E-state index contributed by atoms with van der Waals surface area (Å²) in [7, 11) is 1.59. The quantitative estimate of drug-likeness (QED) is 0.598. The fraction of sp³-hybridized carbons (Fsp3) is 0.154. The highest BCUT2D eigenvalue weighted by atomic mass is 16.5. The van der Waals surface area contributed by atoms with Gasteiger partial charge in [-0.3, -0.25) is 9.59 Å². The maximum absolute atomic E-state index is 13.6. The number of carbonyl (C=O) groups is 2. The molecule has 5 nitrogen and oxygen atoms in total. The van der Waals surface area contributed by atoms with Crippen LogP contribution in [0.1, 0.15) is 22.3 Å². The van der Waals surface area contributed by atoms with Crippen LogP contribution in [0.3, 0.4) is 0 Å². The Morgan fingerprint density at radius 2 is 1.52 bits per heavy atom. The van der Waals surface area contributed by atoms with E-state index < -0.39 is 0 Å². The molecule has 1 aliphatic heterocycles. The van der Waals surface area contributed by atoms with Gasteiger partial charge in [0.2, 0.25) is 0 Å². The molecule has 0 atom stereocenters. The van der Waals surface area contributed by atoms with Crippen molar-refractivity contribution in [2.45, 2.75) is 20.8 Å². The van der Waals surface area contributed by atoms with Crippen molar-refractivity contribution < 1.29 is 14.3 Å². The first-order valence-corrected chi connectivity index (χ1v) is 10.1. The number of benzene rings is 3. The van der Waals surface area contributed by atoms with E-state index in [2.05, 4.69) is 5.32 Å². The molecular weight excluding hydrogens is 388 g/mol. The van der Waals surface area contributed by atoms with Gasteiger partial charge in [0, 0.05) is 5.69 Å². The van der Waals surface area contributed by atoms with Crippen LogP contribution < -0.4 is 15.0 Å². The van der Waals surface area contributed by atoms with Crippen LogP contribution in [-0.2, 0) is 9.59 Å². The topological polar surface area (TPSA) is 58.6 Å². The van der Waals surface area contributed by atoms with Gasteiger partial charge in [0.25, 0.3) is 11.8 Å². The second kappa shape index (κ2) is 8.11. The second-order valence-electron chi connectivity index (χ2n) is 7.65. The molecule has 5 heteroatoms. The lowest BCUT2D eigenvalue weighted by Gasteiger charge is -2.18. The van der Waals surface area contributed by atoms with Crippen LogP contribution in [0.5, 0.6) is 5.75 Å². The predicted octanol–water partition coefficient (Wildman–Crippen LogP) is 5.02. The van der Waals surface area contributed by atoms with Gasteiger partial charge in [-0.15, -0.1) is 0 Å². The molecule has 2 amide bonds. The number of para-hydroxylation sites is 1. The predicted molar refractivity (Wildman–Crippen MR) is 123 cm³/mol. The molecule has 0 aromatic heterocycles. The van der Waals surface area contributed by atoms with E-state index in [0.29, 0.717) is 22.6 Å². The first kappa shape index (κ1) is 20.4. The maximum atomic E-state index is 13.6. The number of nitrogens with one attached hydrogen (secondary N) is 1. The Bertz CT molecular complexity index is 1210. The lowest BCUT2D eigenvalue weighted by molar-refractivity contribution is -0.120. The van der Waals surface area contributed by atoms with Gasteiger partial charge in [-0.25, -0.2) is 4.90 Å². The fourth-order valence-electron chi connectivity index (χ4n) is 3.71. The SMILES string of the molecule is COc1ccc(C2=C(Nc3cc(C)ccc3C)C(=O)N(c3ccccc3C)C2=O)cc1. The molecule has 31 heavy (non-hydrogen) atoms. The first-order valence-electron chi connectivity index (χ1n) is 10.1. The summed E-state index contributed by atoms with van der Waals surface area (Å²) in [4.78, 5) is 28.3. The van der Waals surface area contributed by atoms with Crippen molar-refractivity contribution in [3.05, 3.63) is 94.7 Å². The van der Waals surface area contributed by atoms with Gasteiger partial charge in [-0.1, -0.05) is 42.5 Å². The minimum atomic E-state index is -0.369. The highest BCUT2D eigenvalue weighted by Crippen LogP contribution is 2.36. The highest BCUT2D eigenvalue weighted by molar-refractivity contribution is 6.46. The van der Waals surface area contributed by atoms with E-state index in [0.717, 1.165) is 22.4 Å². The van der Waals surface area contributed by atoms with Crippen LogP contribution >= 0.6 is 0 Å². The number of anilines is 2. The van der Waals surface area contributed by atoms with Crippen molar-refractivity contribution in [3.8, 4) is 5.75 Å². The third-order valence-corrected chi connectivity index (χ3v) is 5.47. The van der Waals surface area contributed by atoms with Crippen molar-refractivity contribution >= 4 is 28.8 Å². The summed E-state index contributed by atoms with van der Waals surface area (Å²) < 4.78 is 5.24. The van der Waals surface area contributed by atoms with Crippen LogP contribution in [-0.4, -0.2) is 18.9 Å². The number of methoxy groups -OCH3 is 1. The Morgan fingerprint density at radius 3 is 2.19 bits per heavy atom. The number of ether oxygens (including phenoxy) is 1. The zero-order valence-electron chi connectivity index (χ0n) is 18.0. The van der Waals surface area contributed by atoms with Gasteiger partial charge in [-0.05, 0) is 67.3 Å². The number of hydrogen-bond acceptors (Lipinski definition) is 4. The van der Waals surface area contributed by atoms with Crippen LogP contribution in [0.2, 0.25) is 0 Å². The molecule has 0 spiro atoms. The van der Waals surface area contributed by atoms with Gasteiger partial charge in [0.1, 0.15) is 11.4 Å². The number of imide groups is 1. The molecule has 3 aromatic carbocycles. The summed E-state index contributed by atoms with van der Waals surface area (Å²) in [5.41, 5.74) is 5.56. The number of rotatable bonds is 5. The minimum Gasteiger partial charge on any atom is -0.497 e. The van der Waals surface area contributed by atoms with E-state index in [1.165, 1.54) is 4.90 Å². The van der Waals surface area contributed by atoms with Gasteiger partial charge < -0.3 is 10.1 Å². The summed E-state index contributed by atoms with van der Waals surface area (Å²) >= 11 is 0. The standard InChI is InChI=1S/C26H24N2O3/c1-16-9-10-17(2)21(15-16)27-24-23(19-11-13-20(31-4)14-12-19)25(29)28(26(24)30)22-8-6-5-7-18(22)3/h5-15,27H,1-4H3. The van der Waals surface area contributed by atoms with Crippen molar-refractivity contribution in [2.24, 2.45) is 0 Å². The third kappa shape index (κ3) is 3.70.